The fourth-order valence-electron chi connectivity index (χ4n) is 1.64. The second-order valence-electron chi connectivity index (χ2n) is 3.64. The molecule has 0 spiro atoms. The number of fused-ring (bicyclic) bond motifs is 1. The predicted molar refractivity (Wildman–Crippen MR) is 64.0 cm³/mol. The zero-order valence-corrected chi connectivity index (χ0v) is 9.42. The highest BCUT2D eigenvalue weighted by Crippen LogP contribution is 2.21. The van der Waals surface area contributed by atoms with Crippen LogP contribution in [0.1, 0.15) is 11.1 Å². The fourth-order valence-corrected chi connectivity index (χ4v) is 1.70. The minimum atomic E-state index is 0.0407. The first-order valence-electron chi connectivity index (χ1n) is 4.96. The van der Waals surface area contributed by atoms with E-state index in [-0.39, 0.29) is 11.8 Å². The number of hydrogen-bond acceptors (Lipinski definition) is 2. The van der Waals surface area contributed by atoms with Gasteiger partial charge in [-0.2, -0.15) is 0 Å². The van der Waals surface area contributed by atoms with Crippen molar-refractivity contribution in [1.82, 2.24) is 5.32 Å². The normalized spacial score (nSPS) is 15.6. The minimum Gasteiger partial charge on any atom is -0.386 e. The highest BCUT2D eigenvalue weighted by molar-refractivity contribution is 6.28. The molecule has 4 nitrogen and oxygen atoms in total. The maximum Gasteiger partial charge on any atom is 0.224 e. The highest BCUT2D eigenvalue weighted by atomic mass is 35.5. The third-order valence-electron chi connectivity index (χ3n) is 2.43. The summed E-state index contributed by atoms with van der Waals surface area (Å²) in [4.78, 5) is 15.4. The van der Waals surface area contributed by atoms with Gasteiger partial charge >= 0.3 is 0 Å². The van der Waals surface area contributed by atoms with Gasteiger partial charge in [0.25, 0.3) is 0 Å². The number of amidine groups is 1. The Morgan fingerprint density at radius 1 is 1.50 bits per heavy atom. The second-order valence-corrected chi connectivity index (χ2v) is 3.91. The van der Waals surface area contributed by atoms with Crippen LogP contribution in [0.3, 0.4) is 0 Å². The smallest absolute Gasteiger partial charge is 0.224 e. The number of halogens is 1. The summed E-state index contributed by atoms with van der Waals surface area (Å²) in [5, 5.41) is 2.79. The summed E-state index contributed by atoms with van der Waals surface area (Å²) in [6, 6.07) is 5.71. The molecule has 0 aliphatic carbocycles. The number of alkyl halides is 1. The minimum absolute atomic E-state index is 0.0407. The topological polar surface area (TPSA) is 67.5 Å². The van der Waals surface area contributed by atoms with Crippen molar-refractivity contribution in [3.05, 3.63) is 29.3 Å². The molecule has 2 rings (SSSR count). The van der Waals surface area contributed by atoms with Gasteiger partial charge in [0, 0.05) is 6.54 Å². The lowest BCUT2D eigenvalue weighted by Crippen LogP contribution is -2.30. The number of nitrogens with one attached hydrogen (secondary N) is 1. The number of benzene rings is 1. The molecule has 0 aromatic heterocycles. The molecule has 5 heteroatoms. The average Bonchev–Trinajstić information content (AvgIpc) is 2.28. The molecule has 3 N–H and O–H groups in total. The van der Waals surface area contributed by atoms with Gasteiger partial charge in [-0.25, -0.2) is 4.99 Å². The number of carbonyl (C=O) groups is 1. The maximum absolute atomic E-state index is 11.2. The second kappa shape index (κ2) is 4.53. The van der Waals surface area contributed by atoms with Crippen molar-refractivity contribution in [2.24, 2.45) is 10.7 Å². The summed E-state index contributed by atoms with van der Waals surface area (Å²) in [7, 11) is 0. The highest BCUT2D eigenvalue weighted by Gasteiger charge is 2.14. The van der Waals surface area contributed by atoms with E-state index in [4.69, 9.17) is 17.3 Å². The fraction of sp³-hybridized carbons (Fsp3) is 0.273. The third kappa shape index (κ3) is 2.33. The van der Waals surface area contributed by atoms with Crippen LogP contribution in [0.5, 0.6) is 0 Å². The molecule has 0 unspecified atom stereocenters. The van der Waals surface area contributed by atoms with E-state index >= 15 is 0 Å². The summed E-state index contributed by atoms with van der Waals surface area (Å²) in [5.74, 6) is 0.623. The Hall–Kier alpha value is -1.55. The van der Waals surface area contributed by atoms with Crippen LogP contribution < -0.4 is 11.1 Å². The summed E-state index contributed by atoms with van der Waals surface area (Å²) in [6.45, 7) is 0.586. The lowest BCUT2D eigenvalue weighted by atomic mass is 10.00. The van der Waals surface area contributed by atoms with E-state index in [1.165, 1.54) is 0 Å². The number of nitrogens with zero attached hydrogens (tertiary/aromatic N) is 1. The van der Waals surface area contributed by atoms with Gasteiger partial charge in [-0.15, -0.1) is 11.6 Å². The first-order chi connectivity index (χ1) is 7.69. The SMILES string of the molecule is NC(CCl)=Nc1ccc2c(c1)CC(=O)NC2. The Kier molecular flexibility index (Phi) is 3.10. The Labute approximate surface area is 98.5 Å². The van der Waals surface area contributed by atoms with E-state index in [9.17, 15) is 4.79 Å². The van der Waals surface area contributed by atoms with E-state index in [1.807, 2.05) is 18.2 Å². The molecule has 0 bridgehead atoms. The number of aliphatic imine (C=N–C) groups is 1. The van der Waals surface area contributed by atoms with Crippen LogP contribution in [-0.4, -0.2) is 17.6 Å². The Morgan fingerprint density at radius 3 is 3.06 bits per heavy atom. The van der Waals surface area contributed by atoms with Crippen LogP contribution in [0.4, 0.5) is 5.69 Å². The predicted octanol–water partition coefficient (Wildman–Crippen LogP) is 1.09. The van der Waals surface area contributed by atoms with Crippen molar-refractivity contribution < 1.29 is 4.79 Å². The van der Waals surface area contributed by atoms with Crippen LogP contribution >= 0.6 is 11.6 Å². The van der Waals surface area contributed by atoms with E-state index < -0.39 is 0 Å². The van der Waals surface area contributed by atoms with Crippen LogP contribution in [-0.2, 0) is 17.8 Å². The molecule has 1 heterocycles. The van der Waals surface area contributed by atoms with Gasteiger partial charge in [0.05, 0.1) is 18.0 Å². The molecule has 1 aliphatic rings. The first-order valence-corrected chi connectivity index (χ1v) is 5.50. The molecule has 0 saturated heterocycles. The number of amides is 1. The largest absolute Gasteiger partial charge is 0.386 e. The van der Waals surface area contributed by atoms with E-state index in [1.54, 1.807) is 0 Å². The summed E-state index contributed by atoms with van der Waals surface area (Å²) in [5.41, 5.74) is 8.42. The maximum atomic E-state index is 11.2. The van der Waals surface area contributed by atoms with Crippen molar-refractivity contribution in [3.8, 4) is 0 Å². The molecule has 1 aliphatic heterocycles. The molecule has 1 amide bonds. The van der Waals surface area contributed by atoms with Crippen LogP contribution in [0.25, 0.3) is 0 Å². The Balaban J connectivity index is 2.31. The molecule has 1 aromatic carbocycles. The third-order valence-corrected chi connectivity index (χ3v) is 2.70. The Bertz CT molecular complexity index is 457. The van der Waals surface area contributed by atoms with Crippen LogP contribution in [0.2, 0.25) is 0 Å². The molecule has 1 aromatic rings. The molecular weight excluding hydrogens is 226 g/mol. The van der Waals surface area contributed by atoms with Crippen LogP contribution in [0, 0.1) is 0 Å². The number of hydrogen-bond donors (Lipinski definition) is 2. The number of nitrogens with two attached hydrogens (primary N) is 1. The van der Waals surface area contributed by atoms with Crippen molar-refractivity contribution >= 4 is 29.0 Å². The van der Waals surface area contributed by atoms with Gasteiger partial charge < -0.3 is 11.1 Å². The van der Waals surface area contributed by atoms with E-state index in [0.29, 0.717) is 18.8 Å². The van der Waals surface area contributed by atoms with Crippen LogP contribution in [0.15, 0.2) is 23.2 Å². The molecule has 84 valence electrons. The van der Waals surface area contributed by atoms with Gasteiger partial charge in [0.1, 0.15) is 5.84 Å². The lowest BCUT2D eigenvalue weighted by molar-refractivity contribution is -0.121. The van der Waals surface area contributed by atoms with Gasteiger partial charge in [0.2, 0.25) is 5.91 Å². The van der Waals surface area contributed by atoms with Crippen molar-refractivity contribution in [3.63, 3.8) is 0 Å². The summed E-state index contributed by atoms with van der Waals surface area (Å²) in [6.07, 6.45) is 0.402. The number of carbonyl (C=O) groups excluding carboxylic acids is 1. The quantitative estimate of drug-likeness (QED) is 0.459. The number of rotatable bonds is 2. The standard InChI is InChI=1S/C11H12ClN3O/c12-5-10(13)15-9-2-1-7-6-14-11(16)4-8(7)3-9/h1-3H,4-6H2,(H2,13,15)(H,14,16). The first kappa shape index (κ1) is 11.0. The van der Waals surface area contributed by atoms with Crippen molar-refractivity contribution in [2.45, 2.75) is 13.0 Å². The summed E-state index contributed by atoms with van der Waals surface area (Å²) >= 11 is 5.55. The molecule has 0 fully saturated rings. The lowest BCUT2D eigenvalue weighted by Gasteiger charge is -2.16. The summed E-state index contributed by atoms with van der Waals surface area (Å²) < 4.78 is 0. The van der Waals surface area contributed by atoms with Crippen molar-refractivity contribution in [1.29, 1.82) is 0 Å². The van der Waals surface area contributed by atoms with Gasteiger partial charge in [0.15, 0.2) is 0 Å². The molecule has 0 radical (unpaired) electrons. The van der Waals surface area contributed by atoms with E-state index in [2.05, 4.69) is 10.3 Å². The Morgan fingerprint density at radius 2 is 2.31 bits per heavy atom. The monoisotopic (exact) mass is 237 g/mol. The van der Waals surface area contributed by atoms with Crippen molar-refractivity contribution in [2.75, 3.05) is 5.88 Å². The van der Waals surface area contributed by atoms with Gasteiger partial charge in [-0.05, 0) is 23.3 Å². The van der Waals surface area contributed by atoms with E-state index in [0.717, 1.165) is 16.8 Å². The average molecular weight is 238 g/mol. The molecule has 16 heavy (non-hydrogen) atoms. The zero-order chi connectivity index (χ0) is 11.5. The van der Waals surface area contributed by atoms with Gasteiger partial charge in [-0.3, -0.25) is 4.79 Å². The molecule has 0 saturated carbocycles. The molecular formula is C11H12ClN3O. The zero-order valence-electron chi connectivity index (χ0n) is 8.66. The van der Waals surface area contributed by atoms with Gasteiger partial charge in [-0.1, -0.05) is 6.07 Å². The molecule has 0 atom stereocenters.